The summed E-state index contributed by atoms with van der Waals surface area (Å²) in [5, 5.41) is 0.364. The topological polar surface area (TPSA) is 65.7 Å². The van der Waals surface area contributed by atoms with Crippen molar-refractivity contribution in [2.24, 2.45) is 0 Å². The van der Waals surface area contributed by atoms with Crippen LogP contribution in [-0.4, -0.2) is 13.1 Å². The molecule has 0 saturated heterocycles. The number of hydrogen-bond acceptors (Lipinski definition) is 5. The molecule has 0 aliphatic rings. The molecule has 5 heteroatoms. The zero-order valence-electron chi connectivity index (χ0n) is 18.0. The van der Waals surface area contributed by atoms with Gasteiger partial charge in [-0.15, -0.1) is 0 Å². The summed E-state index contributed by atoms with van der Waals surface area (Å²) < 4.78 is 16.7. The van der Waals surface area contributed by atoms with Crippen LogP contribution in [0.1, 0.15) is 16.7 Å². The van der Waals surface area contributed by atoms with Crippen molar-refractivity contribution in [3.8, 4) is 22.8 Å². The molecule has 3 aromatic carbocycles. The van der Waals surface area contributed by atoms with E-state index in [1.54, 1.807) is 37.5 Å². The van der Waals surface area contributed by atoms with Gasteiger partial charge in [-0.2, -0.15) is 0 Å². The van der Waals surface area contributed by atoms with Crippen LogP contribution in [0.15, 0.2) is 82.0 Å². The smallest absolute Gasteiger partial charge is 0.336 e. The van der Waals surface area contributed by atoms with Crippen molar-refractivity contribution >= 4 is 23.0 Å². The van der Waals surface area contributed by atoms with Crippen molar-refractivity contribution in [1.82, 2.24) is 0 Å². The number of benzene rings is 3. The molecule has 0 atom stereocenters. The van der Waals surface area contributed by atoms with Crippen LogP contribution in [-0.2, 0) is 4.79 Å². The maximum absolute atomic E-state index is 13.2. The molecule has 0 aliphatic heterocycles. The van der Waals surface area contributed by atoms with Gasteiger partial charge in [-0.25, -0.2) is 4.79 Å². The van der Waals surface area contributed by atoms with E-state index in [0.717, 1.165) is 22.4 Å². The Morgan fingerprint density at radius 3 is 2.28 bits per heavy atom. The fourth-order valence-electron chi connectivity index (χ4n) is 3.29. The second-order valence-corrected chi connectivity index (χ2v) is 7.48. The van der Waals surface area contributed by atoms with E-state index in [9.17, 15) is 9.59 Å². The van der Waals surface area contributed by atoms with Crippen molar-refractivity contribution in [1.29, 1.82) is 0 Å². The van der Waals surface area contributed by atoms with E-state index < -0.39 is 11.4 Å². The highest BCUT2D eigenvalue weighted by molar-refractivity contribution is 5.91. The lowest BCUT2D eigenvalue weighted by molar-refractivity contribution is -0.129. The monoisotopic (exact) mass is 426 g/mol. The third kappa shape index (κ3) is 4.47. The first-order valence-corrected chi connectivity index (χ1v) is 10.1. The molecule has 160 valence electrons. The molecule has 0 spiro atoms. The lowest BCUT2D eigenvalue weighted by Gasteiger charge is -2.10. The number of carbonyl (C=O) groups is 1. The average molecular weight is 426 g/mol. The van der Waals surface area contributed by atoms with Crippen LogP contribution in [0.4, 0.5) is 0 Å². The molecule has 0 amide bonds. The van der Waals surface area contributed by atoms with Crippen molar-refractivity contribution in [2.45, 2.75) is 13.8 Å². The quantitative estimate of drug-likeness (QED) is 0.302. The van der Waals surface area contributed by atoms with Crippen LogP contribution < -0.4 is 14.9 Å². The molecular formula is C27H22O5. The van der Waals surface area contributed by atoms with Crippen LogP contribution in [0.2, 0.25) is 0 Å². The summed E-state index contributed by atoms with van der Waals surface area (Å²) >= 11 is 0. The minimum absolute atomic E-state index is 0.128. The molecule has 5 nitrogen and oxygen atoms in total. The largest absolute Gasteiger partial charge is 0.497 e. The normalized spacial score (nSPS) is 11.1. The molecule has 0 saturated carbocycles. The number of esters is 1. The third-order valence-electron chi connectivity index (χ3n) is 5.05. The molecule has 0 N–H and O–H groups in total. The van der Waals surface area contributed by atoms with Crippen molar-refractivity contribution in [3.05, 3.63) is 99.7 Å². The zero-order chi connectivity index (χ0) is 22.7. The van der Waals surface area contributed by atoms with Crippen LogP contribution in [0.25, 0.3) is 28.4 Å². The number of carbonyl (C=O) groups excluding carboxylic acids is 1. The number of aryl methyl sites for hydroxylation is 2. The molecule has 0 fully saturated rings. The van der Waals surface area contributed by atoms with E-state index >= 15 is 0 Å². The van der Waals surface area contributed by atoms with Gasteiger partial charge in [0.05, 0.1) is 12.5 Å². The van der Waals surface area contributed by atoms with Crippen molar-refractivity contribution in [2.75, 3.05) is 7.11 Å². The van der Waals surface area contributed by atoms with Gasteiger partial charge in [0.25, 0.3) is 0 Å². The summed E-state index contributed by atoms with van der Waals surface area (Å²) in [6.45, 7) is 3.85. The summed E-state index contributed by atoms with van der Waals surface area (Å²) in [5.74, 6) is 0.138. The number of ether oxygens (including phenoxy) is 2. The predicted octanol–water partition coefficient (Wildman–Crippen LogP) is 5.70. The van der Waals surface area contributed by atoms with E-state index in [1.165, 1.54) is 6.08 Å². The minimum atomic E-state index is -0.673. The minimum Gasteiger partial charge on any atom is -0.497 e. The Labute approximate surface area is 185 Å². The fourth-order valence-corrected chi connectivity index (χ4v) is 3.29. The van der Waals surface area contributed by atoms with Gasteiger partial charge in [0.15, 0.2) is 5.76 Å². The highest BCUT2D eigenvalue weighted by Gasteiger charge is 2.20. The van der Waals surface area contributed by atoms with E-state index in [1.807, 2.05) is 56.3 Å². The molecule has 1 heterocycles. The lowest BCUT2D eigenvalue weighted by Crippen LogP contribution is -2.14. The van der Waals surface area contributed by atoms with Crippen LogP contribution in [0, 0.1) is 13.8 Å². The Hall–Kier alpha value is -4.12. The maximum Gasteiger partial charge on any atom is 0.336 e. The Morgan fingerprint density at radius 2 is 1.59 bits per heavy atom. The average Bonchev–Trinajstić information content (AvgIpc) is 2.81. The Bertz CT molecular complexity index is 1360. The number of rotatable bonds is 5. The van der Waals surface area contributed by atoms with Gasteiger partial charge in [0.2, 0.25) is 11.2 Å². The predicted molar refractivity (Wildman–Crippen MR) is 125 cm³/mol. The zero-order valence-corrected chi connectivity index (χ0v) is 18.0. The fraction of sp³-hybridized carbons (Fsp3) is 0.111. The van der Waals surface area contributed by atoms with Gasteiger partial charge in [0, 0.05) is 11.6 Å². The van der Waals surface area contributed by atoms with Gasteiger partial charge in [0.1, 0.15) is 11.3 Å². The van der Waals surface area contributed by atoms with Crippen LogP contribution in [0.3, 0.4) is 0 Å². The first kappa shape index (κ1) is 21.1. The standard InChI is InChI=1S/C27H22O5/c1-17-4-10-20(11-5-17)26-27(25(29)22-16-18(2)6-14-23(22)31-26)32-24(28)15-9-19-7-12-21(30-3)13-8-19/h4-16H,1-3H3/b15-9+. The lowest BCUT2D eigenvalue weighted by atomic mass is 10.1. The maximum atomic E-state index is 13.2. The second kappa shape index (κ2) is 8.94. The van der Waals surface area contributed by atoms with E-state index in [2.05, 4.69) is 0 Å². The third-order valence-corrected chi connectivity index (χ3v) is 5.05. The highest BCUT2D eigenvalue weighted by atomic mass is 16.5. The molecule has 32 heavy (non-hydrogen) atoms. The molecule has 1 aromatic heterocycles. The SMILES string of the molecule is COc1ccc(/C=C/C(=O)Oc2c(-c3ccc(C)cc3)oc3ccc(C)cc3c2=O)cc1. The van der Waals surface area contributed by atoms with Gasteiger partial charge >= 0.3 is 5.97 Å². The number of hydrogen-bond donors (Lipinski definition) is 0. The van der Waals surface area contributed by atoms with Gasteiger partial charge in [-0.05, 0) is 49.8 Å². The van der Waals surface area contributed by atoms with Crippen LogP contribution in [0.5, 0.6) is 11.5 Å². The summed E-state index contributed by atoms with van der Waals surface area (Å²) in [4.78, 5) is 25.8. The van der Waals surface area contributed by atoms with E-state index in [4.69, 9.17) is 13.9 Å². The summed E-state index contributed by atoms with van der Waals surface area (Å²) in [6.07, 6.45) is 2.89. The second-order valence-electron chi connectivity index (χ2n) is 7.48. The van der Waals surface area contributed by atoms with E-state index in [0.29, 0.717) is 16.5 Å². The Morgan fingerprint density at radius 1 is 0.906 bits per heavy atom. The summed E-state index contributed by atoms with van der Waals surface area (Å²) in [6, 6.07) is 20.0. The highest BCUT2D eigenvalue weighted by Crippen LogP contribution is 2.31. The van der Waals surface area contributed by atoms with E-state index in [-0.39, 0.29) is 11.5 Å². The van der Waals surface area contributed by atoms with Gasteiger partial charge in [-0.1, -0.05) is 53.6 Å². The van der Waals surface area contributed by atoms with Crippen molar-refractivity contribution in [3.63, 3.8) is 0 Å². The molecule has 0 radical (unpaired) electrons. The molecular weight excluding hydrogens is 404 g/mol. The molecule has 0 unspecified atom stereocenters. The van der Waals surface area contributed by atoms with Crippen LogP contribution >= 0.6 is 0 Å². The summed E-state index contributed by atoms with van der Waals surface area (Å²) in [7, 11) is 1.59. The number of methoxy groups -OCH3 is 1. The molecule has 4 aromatic rings. The van der Waals surface area contributed by atoms with Gasteiger partial charge < -0.3 is 13.9 Å². The Balaban J connectivity index is 1.73. The summed E-state index contributed by atoms with van der Waals surface area (Å²) in [5.41, 5.74) is 3.46. The first-order chi connectivity index (χ1) is 15.4. The Kier molecular flexibility index (Phi) is 5.90. The molecule has 0 bridgehead atoms. The number of fused-ring (bicyclic) bond motifs is 1. The van der Waals surface area contributed by atoms with Gasteiger partial charge in [-0.3, -0.25) is 4.79 Å². The molecule has 4 rings (SSSR count). The first-order valence-electron chi connectivity index (χ1n) is 10.1. The van der Waals surface area contributed by atoms with Crippen molar-refractivity contribution < 1.29 is 18.7 Å². The molecule has 0 aliphatic carbocycles.